The summed E-state index contributed by atoms with van der Waals surface area (Å²) in [5.41, 5.74) is 3.29. The molecule has 1 heterocycles. The molecule has 2 N–H and O–H groups in total. The van der Waals surface area contributed by atoms with Crippen molar-refractivity contribution in [2.75, 3.05) is 6.54 Å². The Balaban J connectivity index is 1.95. The maximum Gasteiger partial charge on any atom is 0.335 e. The summed E-state index contributed by atoms with van der Waals surface area (Å²) in [5.74, 6) is -2.26. The summed E-state index contributed by atoms with van der Waals surface area (Å²) in [6, 6.07) is 22.4. The number of ether oxygens (including phenoxy) is 2. The average Bonchev–Trinajstić information content (AvgIpc) is 2.95. The Kier molecular flexibility index (Phi) is 10.9. The summed E-state index contributed by atoms with van der Waals surface area (Å²) in [6.45, 7) is 7.82. The lowest BCUT2D eigenvalue weighted by Crippen LogP contribution is -2.45. The lowest BCUT2D eigenvalue weighted by Gasteiger charge is -2.37. The molecule has 210 valence electrons. The van der Waals surface area contributed by atoms with Gasteiger partial charge in [-0.1, -0.05) is 81.8 Å². The van der Waals surface area contributed by atoms with Gasteiger partial charge < -0.3 is 19.9 Å². The third-order valence-electron chi connectivity index (χ3n) is 6.40. The fourth-order valence-corrected chi connectivity index (χ4v) is 4.53. The van der Waals surface area contributed by atoms with Crippen LogP contribution >= 0.6 is 0 Å². The van der Waals surface area contributed by atoms with E-state index in [1.807, 2.05) is 88.4 Å². The van der Waals surface area contributed by atoms with Crippen LogP contribution in [0.25, 0.3) is 11.3 Å². The minimum absolute atomic E-state index is 0.0919. The molecule has 1 amide bonds. The molecule has 0 saturated heterocycles. The van der Waals surface area contributed by atoms with Crippen LogP contribution < -0.4 is 5.32 Å². The number of hydrogen-bond acceptors (Lipinski definition) is 6. The molecule has 3 rings (SSSR count). The molecule has 0 fully saturated rings. The molecular weight excluding hydrogens is 506 g/mol. The maximum absolute atomic E-state index is 12.9. The first-order valence-electron chi connectivity index (χ1n) is 13.5. The Bertz CT molecular complexity index is 1300. The van der Waals surface area contributed by atoms with Gasteiger partial charge >= 0.3 is 5.97 Å². The van der Waals surface area contributed by atoms with Crippen LogP contribution in [0.1, 0.15) is 74.5 Å². The summed E-state index contributed by atoms with van der Waals surface area (Å²) in [5, 5.41) is 20.9. The maximum atomic E-state index is 12.9. The minimum Gasteiger partial charge on any atom is -0.478 e. The molecule has 3 aromatic rings. The second kappa shape index (κ2) is 14.4. The van der Waals surface area contributed by atoms with Gasteiger partial charge in [-0.15, -0.1) is 0 Å². The highest BCUT2D eigenvalue weighted by Crippen LogP contribution is 2.36. The highest BCUT2D eigenvalue weighted by atomic mass is 16.7. The van der Waals surface area contributed by atoms with Crippen LogP contribution in [0.3, 0.4) is 0 Å². The third kappa shape index (κ3) is 8.47. The van der Waals surface area contributed by atoms with Crippen LogP contribution in [0, 0.1) is 17.2 Å². The molecule has 0 bridgehead atoms. The topological polar surface area (TPSA) is 122 Å². The molecule has 2 unspecified atom stereocenters. The Morgan fingerprint density at radius 1 is 1.05 bits per heavy atom. The van der Waals surface area contributed by atoms with E-state index in [0.717, 1.165) is 23.1 Å². The van der Waals surface area contributed by atoms with E-state index in [9.17, 15) is 14.7 Å². The summed E-state index contributed by atoms with van der Waals surface area (Å²) < 4.78 is 13.2. The third-order valence-corrected chi connectivity index (χ3v) is 6.40. The molecule has 0 aliphatic rings. The molecule has 8 nitrogen and oxygen atoms in total. The quantitative estimate of drug-likeness (QED) is 0.185. The predicted octanol–water partition coefficient (Wildman–Crippen LogP) is 6.14. The molecular formula is C32H37N3O5. The SMILES string of the molecule is CCCC(C)(OC(c1ccccc1)c1ccc(-c2cc(C(=O)O)ccn2)cc1)O[C@@H](CC(C)C)C(=O)NCC#N. The monoisotopic (exact) mass is 543 g/mol. The summed E-state index contributed by atoms with van der Waals surface area (Å²) in [4.78, 5) is 28.6. The van der Waals surface area contributed by atoms with Gasteiger partial charge in [0.25, 0.3) is 0 Å². The normalized spacial score (nSPS) is 14.1. The van der Waals surface area contributed by atoms with Gasteiger partial charge in [-0.3, -0.25) is 9.78 Å². The summed E-state index contributed by atoms with van der Waals surface area (Å²) >= 11 is 0. The number of hydrogen-bond donors (Lipinski definition) is 2. The van der Waals surface area contributed by atoms with Crippen molar-refractivity contribution >= 4 is 11.9 Å². The van der Waals surface area contributed by atoms with Crippen molar-refractivity contribution in [2.45, 2.75) is 65.0 Å². The molecule has 0 aliphatic heterocycles. The van der Waals surface area contributed by atoms with Gasteiger partial charge in [-0.05, 0) is 42.5 Å². The first-order valence-corrected chi connectivity index (χ1v) is 13.5. The van der Waals surface area contributed by atoms with Crippen molar-refractivity contribution in [3.8, 4) is 17.3 Å². The van der Waals surface area contributed by atoms with E-state index in [0.29, 0.717) is 18.5 Å². The van der Waals surface area contributed by atoms with Crippen molar-refractivity contribution in [3.05, 3.63) is 89.6 Å². The Hall–Kier alpha value is -4.06. The van der Waals surface area contributed by atoms with Crippen LogP contribution in [-0.2, 0) is 14.3 Å². The lowest BCUT2D eigenvalue weighted by molar-refractivity contribution is -0.265. The van der Waals surface area contributed by atoms with E-state index in [4.69, 9.17) is 14.7 Å². The van der Waals surface area contributed by atoms with Crippen LogP contribution in [0.15, 0.2) is 72.9 Å². The van der Waals surface area contributed by atoms with Crippen molar-refractivity contribution < 1.29 is 24.2 Å². The van der Waals surface area contributed by atoms with Crippen LogP contribution in [-0.4, -0.2) is 40.4 Å². The van der Waals surface area contributed by atoms with Crippen molar-refractivity contribution in [1.29, 1.82) is 5.26 Å². The van der Waals surface area contributed by atoms with Gasteiger partial charge in [0.1, 0.15) is 18.8 Å². The largest absolute Gasteiger partial charge is 0.478 e. The number of carboxylic acids is 1. The Morgan fingerprint density at radius 2 is 1.73 bits per heavy atom. The molecule has 40 heavy (non-hydrogen) atoms. The molecule has 1 aromatic heterocycles. The number of carbonyl (C=O) groups is 2. The standard InChI is InChI=1S/C32H37N3O5/c1-5-16-32(4,39-28(20-22(2)3)30(36)35-19-17-33)40-29(24-9-7-6-8-10-24)25-13-11-23(12-14-25)27-21-26(31(37)38)15-18-34-27/h6-15,18,21-22,28-29H,5,16,19-20H2,1-4H3,(H,35,36)(H,37,38)/t28-,29?,32?/m0/s1. The van der Waals surface area contributed by atoms with Crippen LogP contribution in [0.2, 0.25) is 0 Å². The van der Waals surface area contributed by atoms with E-state index in [1.165, 1.54) is 12.3 Å². The second-order valence-corrected chi connectivity index (χ2v) is 10.3. The molecule has 0 radical (unpaired) electrons. The number of carbonyl (C=O) groups excluding carboxylic acids is 1. The van der Waals surface area contributed by atoms with E-state index in [1.54, 1.807) is 6.07 Å². The summed E-state index contributed by atoms with van der Waals surface area (Å²) in [7, 11) is 0. The smallest absolute Gasteiger partial charge is 0.335 e. The highest BCUT2D eigenvalue weighted by Gasteiger charge is 2.36. The fraction of sp³-hybridized carbons (Fsp3) is 0.375. The number of benzene rings is 2. The number of aromatic carboxylic acids is 1. The highest BCUT2D eigenvalue weighted by molar-refractivity contribution is 5.88. The van der Waals surface area contributed by atoms with E-state index in [2.05, 4.69) is 10.3 Å². The molecule has 3 atom stereocenters. The van der Waals surface area contributed by atoms with Gasteiger partial charge in [0.2, 0.25) is 5.91 Å². The number of nitrogens with zero attached hydrogens (tertiary/aromatic N) is 2. The number of pyridine rings is 1. The molecule has 2 aromatic carbocycles. The molecule has 0 spiro atoms. The average molecular weight is 544 g/mol. The zero-order valence-electron chi connectivity index (χ0n) is 23.5. The Labute approximate surface area is 236 Å². The molecule has 0 aliphatic carbocycles. The zero-order valence-corrected chi connectivity index (χ0v) is 23.5. The van der Waals surface area contributed by atoms with E-state index in [-0.39, 0.29) is 23.9 Å². The molecule has 0 saturated carbocycles. The number of aromatic nitrogens is 1. The molecule has 8 heteroatoms. The second-order valence-electron chi connectivity index (χ2n) is 10.3. The Morgan fingerprint density at radius 3 is 2.33 bits per heavy atom. The fourth-order valence-electron chi connectivity index (χ4n) is 4.53. The van der Waals surface area contributed by atoms with Crippen molar-refractivity contribution in [1.82, 2.24) is 10.3 Å². The van der Waals surface area contributed by atoms with Gasteiger partial charge in [-0.2, -0.15) is 5.26 Å². The van der Waals surface area contributed by atoms with Gasteiger partial charge in [0.15, 0.2) is 5.79 Å². The summed E-state index contributed by atoms with van der Waals surface area (Å²) in [6.07, 6.45) is 1.98. The number of rotatable bonds is 14. The van der Waals surface area contributed by atoms with E-state index >= 15 is 0 Å². The first kappa shape index (κ1) is 30.5. The first-order chi connectivity index (χ1) is 19.2. The van der Waals surface area contributed by atoms with Gasteiger partial charge in [-0.25, -0.2) is 4.79 Å². The number of nitriles is 1. The van der Waals surface area contributed by atoms with E-state index < -0.39 is 24.0 Å². The predicted molar refractivity (Wildman–Crippen MR) is 152 cm³/mol. The zero-order chi connectivity index (χ0) is 29.1. The lowest BCUT2D eigenvalue weighted by atomic mass is 9.98. The minimum atomic E-state index is -1.10. The van der Waals surface area contributed by atoms with Gasteiger partial charge in [0, 0.05) is 18.2 Å². The number of nitrogens with one attached hydrogen (secondary N) is 1. The van der Waals surface area contributed by atoms with Crippen LogP contribution in [0.4, 0.5) is 0 Å². The van der Waals surface area contributed by atoms with Crippen molar-refractivity contribution in [2.24, 2.45) is 5.92 Å². The van der Waals surface area contributed by atoms with Crippen molar-refractivity contribution in [3.63, 3.8) is 0 Å². The number of amides is 1. The van der Waals surface area contributed by atoms with Gasteiger partial charge in [0.05, 0.1) is 17.3 Å². The number of carboxylic acid groups (broad SMARTS) is 1. The van der Waals surface area contributed by atoms with Crippen LogP contribution in [0.5, 0.6) is 0 Å².